The molecule has 0 saturated heterocycles. The topological polar surface area (TPSA) is 6.48 Å². The first-order valence-corrected chi connectivity index (χ1v) is 15.1. The minimum atomic E-state index is 1.12. The van der Waals surface area contributed by atoms with Crippen LogP contribution in [0.3, 0.4) is 0 Å². The quantitative estimate of drug-likeness (QED) is 0.189. The molecule has 0 spiro atoms. The number of nitrogens with zero attached hydrogens (tertiary/aromatic N) is 2. The molecule has 0 saturated carbocycles. The van der Waals surface area contributed by atoms with E-state index in [0.29, 0.717) is 0 Å². The third-order valence-electron chi connectivity index (χ3n) is 8.33. The van der Waals surface area contributed by atoms with E-state index < -0.39 is 0 Å². The molecule has 0 N–H and O–H groups in total. The molecule has 0 amide bonds. The Bertz CT molecular complexity index is 2010. The fraction of sp³-hybridized carbons (Fsp3) is 0.0476. The molecule has 2 heteroatoms. The predicted molar refractivity (Wildman–Crippen MR) is 189 cm³/mol. The summed E-state index contributed by atoms with van der Waals surface area (Å²) in [6, 6.07) is 60.9. The number of hydrogen-bond donors (Lipinski definition) is 0. The first-order valence-electron chi connectivity index (χ1n) is 15.1. The molecular weight excluding hydrogens is 532 g/mol. The van der Waals surface area contributed by atoms with Crippen molar-refractivity contribution < 1.29 is 0 Å². The van der Waals surface area contributed by atoms with Gasteiger partial charge in [0.1, 0.15) is 0 Å². The minimum Gasteiger partial charge on any atom is -0.345 e. The number of hydrogen-bond acceptors (Lipinski definition) is 2. The van der Waals surface area contributed by atoms with Crippen LogP contribution in [0.25, 0.3) is 33.0 Å². The Kier molecular flexibility index (Phi) is 7.40. The summed E-state index contributed by atoms with van der Waals surface area (Å²) in [6.07, 6.45) is 0. The largest absolute Gasteiger partial charge is 0.345 e. The summed E-state index contributed by atoms with van der Waals surface area (Å²) < 4.78 is 0. The van der Waals surface area contributed by atoms with Gasteiger partial charge in [0.15, 0.2) is 0 Å². The second kappa shape index (κ2) is 11.9. The van der Waals surface area contributed by atoms with Gasteiger partial charge in [-0.2, -0.15) is 0 Å². The predicted octanol–water partition coefficient (Wildman–Crippen LogP) is 11.7. The smallest absolute Gasteiger partial charge is 0.0468 e. The van der Waals surface area contributed by atoms with Crippen LogP contribution >= 0.6 is 0 Å². The lowest BCUT2D eigenvalue weighted by Crippen LogP contribution is -2.10. The summed E-state index contributed by atoms with van der Waals surface area (Å²) in [6.45, 7) is 2.13. The summed E-state index contributed by atoms with van der Waals surface area (Å²) >= 11 is 0. The highest BCUT2D eigenvalue weighted by atomic mass is 15.1. The molecule has 0 bridgehead atoms. The van der Waals surface area contributed by atoms with Crippen LogP contribution in [-0.2, 0) is 0 Å². The second-order valence-corrected chi connectivity index (χ2v) is 11.3. The molecule has 7 aromatic rings. The van der Waals surface area contributed by atoms with Gasteiger partial charge in [-0.3, -0.25) is 0 Å². The third-order valence-corrected chi connectivity index (χ3v) is 8.33. The summed E-state index contributed by atoms with van der Waals surface area (Å²) in [7, 11) is 2.12. The maximum atomic E-state index is 2.34. The maximum absolute atomic E-state index is 2.34. The van der Waals surface area contributed by atoms with E-state index in [1.165, 1.54) is 44.3 Å². The third kappa shape index (κ3) is 5.58. The average Bonchev–Trinajstić information content (AvgIpc) is 3.09. The lowest BCUT2D eigenvalue weighted by molar-refractivity contribution is 1.20. The highest BCUT2D eigenvalue weighted by Gasteiger charge is 2.14. The van der Waals surface area contributed by atoms with E-state index in [0.717, 1.165) is 22.7 Å². The lowest BCUT2D eigenvalue weighted by Gasteiger charge is -2.26. The molecular formula is C42H34N2. The van der Waals surface area contributed by atoms with E-state index in [1.807, 2.05) is 0 Å². The van der Waals surface area contributed by atoms with Crippen molar-refractivity contribution in [3.63, 3.8) is 0 Å². The van der Waals surface area contributed by atoms with Crippen LogP contribution in [0.2, 0.25) is 0 Å². The molecule has 0 aromatic heterocycles. The van der Waals surface area contributed by atoms with Crippen LogP contribution in [0.1, 0.15) is 5.56 Å². The van der Waals surface area contributed by atoms with Gasteiger partial charge in [0.2, 0.25) is 0 Å². The van der Waals surface area contributed by atoms with Crippen molar-refractivity contribution in [3.05, 3.63) is 175 Å². The second-order valence-electron chi connectivity index (χ2n) is 11.3. The first-order chi connectivity index (χ1) is 21.6. The maximum Gasteiger partial charge on any atom is 0.0468 e. The Morgan fingerprint density at radius 1 is 0.341 bits per heavy atom. The Labute approximate surface area is 260 Å². The van der Waals surface area contributed by atoms with E-state index in [9.17, 15) is 0 Å². The van der Waals surface area contributed by atoms with Gasteiger partial charge in [-0.1, -0.05) is 109 Å². The molecule has 0 aliphatic rings. The number of anilines is 5. The molecule has 0 radical (unpaired) electrons. The van der Waals surface area contributed by atoms with Gasteiger partial charge in [-0.25, -0.2) is 0 Å². The van der Waals surface area contributed by atoms with E-state index >= 15 is 0 Å². The normalized spacial score (nSPS) is 11.0. The van der Waals surface area contributed by atoms with E-state index in [1.54, 1.807) is 0 Å². The zero-order chi connectivity index (χ0) is 29.9. The number of fused-ring (bicyclic) bond motifs is 1. The van der Waals surface area contributed by atoms with Gasteiger partial charge in [0.05, 0.1) is 0 Å². The van der Waals surface area contributed by atoms with Crippen molar-refractivity contribution in [1.29, 1.82) is 0 Å². The number of benzene rings is 7. The van der Waals surface area contributed by atoms with Gasteiger partial charge in [0.25, 0.3) is 0 Å². The van der Waals surface area contributed by atoms with E-state index in [-0.39, 0.29) is 0 Å². The van der Waals surface area contributed by atoms with Crippen molar-refractivity contribution in [3.8, 4) is 22.3 Å². The summed E-state index contributed by atoms with van der Waals surface area (Å²) in [5.41, 5.74) is 11.8. The van der Waals surface area contributed by atoms with Gasteiger partial charge in [0, 0.05) is 35.5 Å². The molecule has 7 rings (SSSR count). The Balaban J connectivity index is 1.21. The van der Waals surface area contributed by atoms with Crippen molar-refractivity contribution in [1.82, 2.24) is 0 Å². The zero-order valence-corrected chi connectivity index (χ0v) is 25.1. The average molecular weight is 567 g/mol. The highest BCUT2D eigenvalue weighted by molar-refractivity contribution is 5.89. The molecule has 0 atom stereocenters. The van der Waals surface area contributed by atoms with Gasteiger partial charge in [-0.05, 0) is 106 Å². The van der Waals surface area contributed by atoms with Gasteiger partial charge < -0.3 is 9.80 Å². The number of rotatable bonds is 7. The molecule has 0 unspecified atom stereocenters. The Morgan fingerprint density at radius 2 is 0.841 bits per heavy atom. The molecule has 0 fully saturated rings. The van der Waals surface area contributed by atoms with Crippen molar-refractivity contribution in [2.45, 2.75) is 6.92 Å². The summed E-state index contributed by atoms with van der Waals surface area (Å²) in [5, 5.41) is 2.46. The summed E-state index contributed by atoms with van der Waals surface area (Å²) in [4.78, 5) is 4.56. The lowest BCUT2D eigenvalue weighted by atomic mass is 10.0. The standard InChI is InChI=1S/C42H34N2/c1-31-9-8-14-41(29-31)43(2)38-22-15-35(16-23-38)36-19-26-40(27-20-36)44(42-28-21-33-12-6-7-13-37(33)30-42)39-24-17-34(18-25-39)32-10-4-3-5-11-32/h3-30H,1-2H3. The fourth-order valence-corrected chi connectivity index (χ4v) is 5.86. The van der Waals surface area contributed by atoms with Crippen molar-refractivity contribution >= 4 is 39.2 Å². The van der Waals surface area contributed by atoms with Gasteiger partial charge >= 0.3 is 0 Å². The van der Waals surface area contributed by atoms with Crippen LogP contribution in [0.5, 0.6) is 0 Å². The Hall–Kier alpha value is -5.60. The van der Waals surface area contributed by atoms with Crippen molar-refractivity contribution in [2.24, 2.45) is 0 Å². The Morgan fingerprint density at radius 3 is 1.43 bits per heavy atom. The minimum absolute atomic E-state index is 1.12. The first kappa shape index (κ1) is 27.2. The number of aryl methyl sites for hydroxylation is 1. The van der Waals surface area contributed by atoms with Crippen LogP contribution in [0, 0.1) is 6.92 Å². The van der Waals surface area contributed by atoms with Crippen LogP contribution in [0.15, 0.2) is 170 Å². The van der Waals surface area contributed by atoms with Gasteiger partial charge in [-0.15, -0.1) is 0 Å². The molecule has 0 aliphatic carbocycles. The molecule has 212 valence electrons. The summed E-state index contributed by atoms with van der Waals surface area (Å²) in [5.74, 6) is 0. The SMILES string of the molecule is Cc1cccc(N(C)c2ccc(-c3ccc(N(c4ccc(-c5ccccc5)cc4)c4ccc5ccccc5c4)cc3)cc2)c1. The van der Waals surface area contributed by atoms with E-state index in [2.05, 4.69) is 194 Å². The molecule has 0 heterocycles. The fourth-order valence-electron chi connectivity index (χ4n) is 5.86. The van der Waals surface area contributed by atoms with E-state index in [4.69, 9.17) is 0 Å². The zero-order valence-electron chi connectivity index (χ0n) is 25.1. The molecule has 7 aromatic carbocycles. The van der Waals surface area contributed by atoms with Crippen LogP contribution in [-0.4, -0.2) is 7.05 Å². The molecule has 2 nitrogen and oxygen atoms in total. The molecule has 0 aliphatic heterocycles. The van der Waals surface area contributed by atoms with Crippen LogP contribution < -0.4 is 9.80 Å². The van der Waals surface area contributed by atoms with Crippen molar-refractivity contribution in [2.75, 3.05) is 16.8 Å². The highest BCUT2D eigenvalue weighted by Crippen LogP contribution is 2.38. The monoisotopic (exact) mass is 566 g/mol. The van der Waals surface area contributed by atoms with Crippen LogP contribution in [0.4, 0.5) is 28.4 Å². The molecule has 44 heavy (non-hydrogen) atoms.